The van der Waals surface area contributed by atoms with Crippen molar-refractivity contribution in [2.45, 2.75) is 26.2 Å². The predicted octanol–water partition coefficient (Wildman–Crippen LogP) is 1.28. The molecule has 0 radical (unpaired) electrons. The third kappa shape index (κ3) is 1.84. The summed E-state index contributed by atoms with van der Waals surface area (Å²) in [6.07, 6.45) is 6.22. The lowest BCUT2D eigenvalue weighted by molar-refractivity contribution is -0.147. The molecule has 0 saturated carbocycles. The molecule has 4 heteroatoms. The summed E-state index contributed by atoms with van der Waals surface area (Å²) in [5, 5.41) is 9.09. The van der Waals surface area contributed by atoms with E-state index in [0.29, 0.717) is 19.5 Å². The number of carbonyl (C=O) groups excluding carboxylic acids is 1. The first-order valence-electron chi connectivity index (χ1n) is 5.70. The van der Waals surface area contributed by atoms with Gasteiger partial charge < -0.3 is 10.0 Å². The minimum Gasteiger partial charge on any atom is -0.481 e. The molecule has 0 spiro atoms. The zero-order valence-electron chi connectivity index (χ0n) is 9.48. The minimum absolute atomic E-state index is 0.0520. The van der Waals surface area contributed by atoms with Crippen LogP contribution in [0.4, 0.5) is 0 Å². The SMILES string of the molecule is CC1(C(=O)O)CCN(C(=O)C2CC=CC2)C1. The first kappa shape index (κ1) is 11.2. The molecular weight excluding hydrogens is 206 g/mol. The fourth-order valence-corrected chi connectivity index (χ4v) is 2.40. The zero-order chi connectivity index (χ0) is 11.8. The number of nitrogens with zero attached hydrogens (tertiary/aromatic N) is 1. The highest BCUT2D eigenvalue weighted by atomic mass is 16.4. The van der Waals surface area contributed by atoms with E-state index in [4.69, 9.17) is 5.11 Å². The molecule has 4 nitrogen and oxygen atoms in total. The molecule has 2 rings (SSSR count). The van der Waals surface area contributed by atoms with Crippen LogP contribution in [0.5, 0.6) is 0 Å². The maximum Gasteiger partial charge on any atom is 0.311 e. The Hall–Kier alpha value is -1.32. The van der Waals surface area contributed by atoms with Crippen LogP contribution in [-0.4, -0.2) is 35.0 Å². The molecule has 0 aromatic heterocycles. The molecule has 1 aliphatic heterocycles. The van der Waals surface area contributed by atoms with Gasteiger partial charge in [-0.25, -0.2) is 0 Å². The monoisotopic (exact) mass is 223 g/mol. The van der Waals surface area contributed by atoms with Crippen LogP contribution < -0.4 is 0 Å². The fourth-order valence-electron chi connectivity index (χ4n) is 2.40. The predicted molar refractivity (Wildman–Crippen MR) is 58.8 cm³/mol. The van der Waals surface area contributed by atoms with Crippen molar-refractivity contribution >= 4 is 11.9 Å². The molecule has 1 N–H and O–H groups in total. The molecule has 1 amide bonds. The highest BCUT2D eigenvalue weighted by Gasteiger charge is 2.43. The number of carboxylic acid groups (broad SMARTS) is 1. The molecule has 16 heavy (non-hydrogen) atoms. The molecule has 0 bridgehead atoms. The van der Waals surface area contributed by atoms with Gasteiger partial charge >= 0.3 is 5.97 Å². The van der Waals surface area contributed by atoms with Gasteiger partial charge in [0.1, 0.15) is 0 Å². The van der Waals surface area contributed by atoms with Crippen molar-refractivity contribution in [2.24, 2.45) is 11.3 Å². The lowest BCUT2D eigenvalue weighted by atomic mass is 9.90. The van der Waals surface area contributed by atoms with E-state index in [1.807, 2.05) is 12.2 Å². The Morgan fingerprint density at radius 3 is 2.50 bits per heavy atom. The van der Waals surface area contributed by atoms with Crippen molar-refractivity contribution in [3.05, 3.63) is 12.2 Å². The highest BCUT2D eigenvalue weighted by molar-refractivity contribution is 5.82. The summed E-state index contributed by atoms with van der Waals surface area (Å²) >= 11 is 0. The average Bonchev–Trinajstić information content (AvgIpc) is 2.85. The fraction of sp³-hybridized carbons (Fsp3) is 0.667. The van der Waals surface area contributed by atoms with Crippen LogP contribution in [-0.2, 0) is 9.59 Å². The van der Waals surface area contributed by atoms with Crippen molar-refractivity contribution in [3.63, 3.8) is 0 Å². The van der Waals surface area contributed by atoms with E-state index in [1.54, 1.807) is 11.8 Å². The van der Waals surface area contributed by atoms with Crippen molar-refractivity contribution in [1.29, 1.82) is 0 Å². The van der Waals surface area contributed by atoms with Crippen LogP contribution >= 0.6 is 0 Å². The number of allylic oxidation sites excluding steroid dienone is 2. The maximum atomic E-state index is 12.1. The Morgan fingerprint density at radius 1 is 1.38 bits per heavy atom. The number of carboxylic acids is 1. The van der Waals surface area contributed by atoms with Gasteiger partial charge in [-0.2, -0.15) is 0 Å². The van der Waals surface area contributed by atoms with E-state index in [9.17, 15) is 9.59 Å². The van der Waals surface area contributed by atoms with Gasteiger partial charge in [-0.05, 0) is 26.2 Å². The molecule has 1 aliphatic carbocycles. The van der Waals surface area contributed by atoms with Crippen LogP contribution in [0.15, 0.2) is 12.2 Å². The summed E-state index contributed by atoms with van der Waals surface area (Å²) in [6, 6.07) is 0. The Balaban J connectivity index is 1.98. The smallest absolute Gasteiger partial charge is 0.311 e. The van der Waals surface area contributed by atoms with Gasteiger partial charge in [0, 0.05) is 19.0 Å². The summed E-state index contributed by atoms with van der Waals surface area (Å²) in [5.74, 6) is -0.626. The number of aliphatic carboxylic acids is 1. The topological polar surface area (TPSA) is 57.6 Å². The highest BCUT2D eigenvalue weighted by Crippen LogP contribution is 2.32. The van der Waals surface area contributed by atoms with E-state index in [0.717, 1.165) is 12.8 Å². The van der Waals surface area contributed by atoms with Gasteiger partial charge in [0.15, 0.2) is 0 Å². The van der Waals surface area contributed by atoms with E-state index in [1.165, 1.54) is 0 Å². The van der Waals surface area contributed by atoms with Crippen molar-refractivity contribution in [1.82, 2.24) is 4.90 Å². The number of rotatable bonds is 2. The quantitative estimate of drug-likeness (QED) is 0.717. The third-order valence-corrected chi connectivity index (χ3v) is 3.66. The number of hydrogen-bond donors (Lipinski definition) is 1. The third-order valence-electron chi connectivity index (χ3n) is 3.66. The van der Waals surface area contributed by atoms with Crippen molar-refractivity contribution in [2.75, 3.05) is 13.1 Å². The van der Waals surface area contributed by atoms with Crippen molar-refractivity contribution < 1.29 is 14.7 Å². The molecular formula is C12H17NO3. The number of amides is 1. The molecule has 88 valence electrons. The Morgan fingerprint density at radius 2 is 2.00 bits per heavy atom. The molecule has 2 aliphatic rings. The second kappa shape index (κ2) is 3.92. The molecule has 0 aromatic rings. The van der Waals surface area contributed by atoms with Crippen LogP contribution in [0.3, 0.4) is 0 Å². The normalized spacial score (nSPS) is 29.9. The molecule has 1 fully saturated rings. The van der Waals surface area contributed by atoms with E-state index in [2.05, 4.69) is 0 Å². The van der Waals surface area contributed by atoms with Crippen LogP contribution in [0, 0.1) is 11.3 Å². The van der Waals surface area contributed by atoms with E-state index >= 15 is 0 Å². The molecule has 0 aromatic carbocycles. The average molecular weight is 223 g/mol. The van der Waals surface area contributed by atoms with Crippen molar-refractivity contribution in [3.8, 4) is 0 Å². The Bertz CT molecular complexity index is 342. The Kier molecular flexibility index (Phi) is 2.74. The van der Waals surface area contributed by atoms with Gasteiger partial charge in [-0.15, -0.1) is 0 Å². The number of likely N-dealkylation sites (tertiary alicyclic amines) is 1. The summed E-state index contributed by atoms with van der Waals surface area (Å²) in [4.78, 5) is 24.8. The largest absolute Gasteiger partial charge is 0.481 e. The van der Waals surface area contributed by atoms with Crippen LogP contribution in [0.2, 0.25) is 0 Å². The summed E-state index contributed by atoms with van der Waals surface area (Å²) in [7, 11) is 0. The molecule has 1 atom stereocenters. The summed E-state index contributed by atoms with van der Waals surface area (Å²) in [5.41, 5.74) is -0.748. The first-order chi connectivity index (χ1) is 7.53. The Labute approximate surface area is 94.9 Å². The molecule has 1 unspecified atom stereocenters. The second-order valence-electron chi connectivity index (χ2n) is 5.02. The first-order valence-corrected chi connectivity index (χ1v) is 5.70. The van der Waals surface area contributed by atoms with Gasteiger partial charge in [-0.3, -0.25) is 9.59 Å². The minimum atomic E-state index is -0.799. The van der Waals surface area contributed by atoms with Crippen LogP contribution in [0.1, 0.15) is 26.2 Å². The van der Waals surface area contributed by atoms with Gasteiger partial charge in [0.05, 0.1) is 5.41 Å². The molecule has 1 heterocycles. The van der Waals surface area contributed by atoms with E-state index < -0.39 is 11.4 Å². The standard InChI is InChI=1S/C12H17NO3/c1-12(11(15)16)6-7-13(8-12)10(14)9-4-2-3-5-9/h2-3,9H,4-8H2,1H3,(H,15,16). The van der Waals surface area contributed by atoms with Crippen LogP contribution in [0.25, 0.3) is 0 Å². The summed E-state index contributed by atoms with van der Waals surface area (Å²) < 4.78 is 0. The van der Waals surface area contributed by atoms with Gasteiger partial charge in [0.2, 0.25) is 5.91 Å². The lowest BCUT2D eigenvalue weighted by Gasteiger charge is -2.22. The van der Waals surface area contributed by atoms with Gasteiger partial charge in [0.25, 0.3) is 0 Å². The van der Waals surface area contributed by atoms with E-state index in [-0.39, 0.29) is 11.8 Å². The zero-order valence-corrected chi connectivity index (χ0v) is 9.48. The molecule has 1 saturated heterocycles. The maximum absolute atomic E-state index is 12.1. The lowest BCUT2D eigenvalue weighted by Crippen LogP contribution is -2.37. The summed E-state index contributed by atoms with van der Waals surface area (Å²) in [6.45, 7) is 2.66. The number of hydrogen-bond acceptors (Lipinski definition) is 2. The number of carbonyl (C=O) groups is 2. The van der Waals surface area contributed by atoms with Gasteiger partial charge in [-0.1, -0.05) is 12.2 Å². The second-order valence-corrected chi connectivity index (χ2v) is 5.02.